The van der Waals surface area contributed by atoms with E-state index in [-0.39, 0.29) is 0 Å². The number of aliphatic carboxylic acids is 1. The van der Waals surface area contributed by atoms with Gasteiger partial charge in [0.15, 0.2) is 0 Å². The highest BCUT2D eigenvalue weighted by molar-refractivity contribution is 5.80. The van der Waals surface area contributed by atoms with E-state index in [0.29, 0.717) is 0 Å². The first-order chi connectivity index (χ1) is 9.70. The maximum absolute atomic E-state index is 10.8. The lowest BCUT2D eigenvalue weighted by Gasteiger charge is -2.07. The molecular weight excluding hydrogens is 248 g/mol. The highest BCUT2D eigenvalue weighted by atomic mass is 16.4. The molecule has 0 aliphatic rings. The fourth-order valence-corrected chi connectivity index (χ4v) is 2.53. The van der Waals surface area contributed by atoms with Crippen molar-refractivity contribution in [3.05, 3.63) is 11.6 Å². The Bertz CT molecular complexity index is 256. The van der Waals surface area contributed by atoms with Gasteiger partial charge in [0.25, 0.3) is 0 Å². The second-order valence-electron chi connectivity index (χ2n) is 5.82. The molecule has 0 rings (SSSR count). The Labute approximate surface area is 125 Å². The molecule has 0 atom stereocenters. The van der Waals surface area contributed by atoms with Gasteiger partial charge in [-0.1, -0.05) is 77.2 Å². The number of allylic oxidation sites excluding steroid dienone is 1. The highest BCUT2D eigenvalue weighted by Gasteiger charge is 2.02. The van der Waals surface area contributed by atoms with Crippen LogP contribution in [0.15, 0.2) is 11.6 Å². The first-order valence-electron chi connectivity index (χ1n) is 8.63. The molecule has 0 fully saturated rings. The lowest BCUT2D eigenvalue weighted by Crippen LogP contribution is -1.94. The fraction of sp³-hybridized carbons (Fsp3) is 0.833. The average molecular weight is 282 g/mol. The Morgan fingerprint density at radius 3 is 1.55 bits per heavy atom. The Kier molecular flexibility index (Phi) is 14.0. The van der Waals surface area contributed by atoms with Crippen LogP contribution in [0.3, 0.4) is 0 Å². The summed E-state index contributed by atoms with van der Waals surface area (Å²) in [5.41, 5.74) is 1.14. The molecule has 118 valence electrons. The van der Waals surface area contributed by atoms with Gasteiger partial charge in [-0.15, -0.1) is 0 Å². The van der Waals surface area contributed by atoms with Gasteiger partial charge in [-0.3, -0.25) is 0 Å². The van der Waals surface area contributed by atoms with Crippen molar-refractivity contribution >= 4 is 5.97 Å². The van der Waals surface area contributed by atoms with Crippen molar-refractivity contribution in [1.29, 1.82) is 0 Å². The van der Waals surface area contributed by atoms with Crippen molar-refractivity contribution < 1.29 is 9.90 Å². The zero-order valence-corrected chi connectivity index (χ0v) is 13.6. The van der Waals surface area contributed by atoms with Gasteiger partial charge in [0.05, 0.1) is 0 Å². The molecular formula is C18H34O2. The largest absolute Gasteiger partial charge is 0.478 e. The molecule has 0 aliphatic heterocycles. The van der Waals surface area contributed by atoms with Crippen LogP contribution >= 0.6 is 0 Å². The van der Waals surface area contributed by atoms with Crippen LogP contribution in [0.25, 0.3) is 0 Å². The van der Waals surface area contributed by atoms with Gasteiger partial charge in [0.1, 0.15) is 0 Å². The fourth-order valence-electron chi connectivity index (χ4n) is 2.53. The molecule has 0 saturated heterocycles. The first-order valence-corrected chi connectivity index (χ1v) is 8.63. The number of hydrogen-bond donors (Lipinski definition) is 1. The normalized spacial score (nSPS) is 11.8. The zero-order valence-electron chi connectivity index (χ0n) is 13.6. The van der Waals surface area contributed by atoms with Gasteiger partial charge >= 0.3 is 5.97 Å². The Morgan fingerprint density at radius 1 is 0.750 bits per heavy atom. The van der Waals surface area contributed by atoms with Crippen molar-refractivity contribution in [3.63, 3.8) is 0 Å². The van der Waals surface area contributed by atoms with Gasteiger partial charge in [-0.05, 0) is 25.7 Å². The SMILES string of the molecule is CCCCCCCCC(=CC(=O)O)CCCCCCC. The quantitative estimate of drug-likeness (QED) is 0.308. The molecule has 1 N–H and O–H groups in total. The van der Waals surface area contributed by atoms with Gasteiger partial charge in [-0.2, -0.15) is 0 Å². The van der Waals surface area contributed by atoms with E-state index in [2.05, 4.69) is 13.8 Å². The standard InChI is InChI=1S/C18H34O2/c1-3-5-7-9-11-13-15-17(16-18(19)20)14-12-10-8-6-4-2/h16H,3-15H2,1-2H3,(H,19,20). The second kappa shape index (κ2) is 14.6. The molecule has 0 aromatic heterocycles. The Hall–Kier alpha value is -0.790. The van der Waals surface area contributed by atoms with Gasteiger partial charge < -0.3 is 5.11 Å². The van der Waals surface area contributed by atoms with E-state index in [1.54, 1.807) is 0 Å². The molecule has 20 heavy (non-hydrogen) atoms. The second-order valence-corrected chi connectivity index (χ2v) is 5.82. The molecule has 2 nitrogen and oxygen atoms in total. The van der Waals surface area contributed by atoms with Crippen LogP contribution in [0.2, 0.25) is 0 Å². The smallest absolute Gasteiger partial charge is 0.328 e. The summed E-state index contributed by atoms with van der Waals surface area (Å²) in [6.07, 6.45) is 17.3. The van der Waals surface area contributed by atoms with Crippen LogP contribution in [-0.2, 0) is 4.79 Å². The molecule has 0 heterocycles. The molecule has 2 heteroatoms. The summed E-state index contributed by atoms with van der Waals surface area (Å²) >= 11 is 0. The number of carboxylic acids is 1. The lowest BCUT2D eigenvalue weighted by molar-refractivity contribution is -0.131. The average Bonchev–Trinajstić information content (AvgIpc) is 2.41. The van der Waals surface area contributed by atoms with E-state index in [0.717, 1.165) is 31.3 Å². The van der Waals surface area contributed by atoms with E-state index in [1.165, 1.54) is 63.9 Å². The third-order valence-electron chi connectivity index (χ3n) is 3.78. The highest BCUT2D eigenvalue weighted by Crippen LogP contribution is 2.18. The molecule has 0 aliphatic carbocycles. The predicted octanol–water partition coefficient (Wildman–Crippen LogP) is 6.11. The third kappa shape index (κ3) is 13.6. The maximum atomic E-state index is 10.8. The number of carboxylic acid groups (broad SMARTS) is 1. The van der Waals surface area contributed by atoms with Crippen molar-refractivity contribution in [2.24, 2.45) is 0 Å². The minimum Gasteiger partial charge on any atom is -0.478 e. The van der Waals surface area contributed by atoms with Gasteiger partial charge in [0.2, 0.25) is 0 Å². The van der Waals surface area contributed by atoms with Crippen LogP contribution < -0.4 is 0 Å². The van der Waals surface area contributed by atoms with E-state index >= 15 is 0 Å². The van der Waals surface area contributed by atoms with Gasteiger partial charge in [0, 0.05) is 6.08 Å². The maximum Gasteiger partial charge on any atom is 0.328 e. The van der Waals surface area contributed by atoms with E-state index in [9.17, 15) is 4.79 Å². The lowest BCUT2D eigenvalue weighted by atomic mass is 9.99. The van der Waals surface area contributed by atoms with Gasteiger partial charge in [-0.25, -0.2) is 4.79 Å². The van der Waals surface area contributed by atoms with Crippen LogP contribution in [-0.4, -0.2) is 11.1 Å². The zero-order chi connectivity index (χ0) is 15.1. The molecule has 0 aromatic rings. The molecule has 0 saturated carbocycles. The predicted molar refractivity (Wildman–Crippen MR) is 87.1 cm³/mol. The molecule has 0 spiro atoms. The van der Waals surface area contributed by atoms with Crippen LogP contribution in [0.1, 0.15) is 97.3 Å². The molecule has 0 aromatic carbocycles. The van der Waals surface area contributed by atoms with E-state index in [1.807, 2.05) is 0 Å². The molecule has 0 unspecified atom stereocenters. The van der Waals surface area contributed by atoms with E-state index < -0.39 is 5.97 Å². The summed E-state index contributed by atoms with van der Waals surface area (Å²) < 4.78 is 0. The summed E-state index contributed by atoms with van der Waals surface area (Å²) in [4.78, 5) is 10.8. The number of rotatable bonds is 14. The number of unbranched alkanes of at least 4 members (excludes halogenated alkanes) is 9. The third-order valence-corrected chi connectivity index (χ3v) is 3.78. The van der Waals surface area contributed by atoms with Crippen molar-refractivity contribution in [1.82, 2.24) is 0 Å². The van der Waals surface area contributed by atoms with Crippen LogP contribution in [0.5, 0.6) is 0 Å². The first kappa shape index (κ1) is 19.2. The Morgan fingerprint density at radius 2 is 1.15 bits per heavy atom. The minimum absolute atomic E-state index is 0.778. The van der Waals surface area contributed by atoms with Crippen molar-refractivity contribution in [2.75, 3.05) is 0 Å². The summed E-state index contributed by atoms with van der Waals surface area (Å²) in [7, 11) is 0. The summed E-state index contributed by atoms with van der Waals surface area (Å²) in [5, 5.41) is 8.92. The van der Waals surface area contributed by atoms with Crippen LogP contribution in [0, 0.1) is 0 Å². The Balaban J connectivity index is 3.77. The summed E-state index contributed by atoms with van der Waals surface area (Å²) in [6.45, 7) is 4.44. The van der Waals surface area contributed by atoms with Crippen molar-refractivity contribution in [3.8, 4) is 0 Å². The molecule has 0 bridgehead atoms. The number of carbonyl (C=O) groups is 1. The van der Waals surface area contributed by atoms with E-state index in [4.69, 9.17) is 5.11 Å². The number of hydrogen-bond acceptors (Lipinski definition) is 1. The van der Waals surface area contributed by atoms with Crippen LogP contribution in [0.4, 0.5) is 0 Å². The van der Waals surface area contributed by atoms with Crippen molar-refractivity contribution in [2.45, 2.75) is 97.3 Å². The topological polar surface area (TPSA) is 37.3 Å². The summed E-state index contributed by atoms with van der Waals surface area (Å²) in [6, 6.07) is 0. The molecule has 0 amide bonds. The minimum atomic E-state index is -0.778. The molecule has 0 radical (unpaired) electrons. The monoisotopic (exact) mass is 282 g/mol. The summed E-state index contributed by atoms with van der Waals surface area (Å²) in [5.74, 6) is -0.778.